The molecule has 0 radical (unpaired) electrons. The first-order valence-corrected chi connectivity index (χ1v) is 9.11. The van der Waals surface area contributed by atoms with Gasteiger partial charge in [-0.25, -0.2) is 18.7 Å². The lowest BCUT2D eigenvalue weighted by molar-refractivity contribution is 0.0760. The van der Waals surface area contributed by atoms with Crippen LogP contribution in [0.25, 0.3) is 0 Å². The average molecular weight is 376 g/mol. The summed E-state index contributed by atoms with van der Waals surface area (Å²) < 4.78 is 27.0. The molecule has 9 heteroatoms. The summed E-state index contributed by atoms with van der Waals surface area (Å²) >= 11 is 0. The molecule has 1 spiro atoms. The molecule has 27 heavy (non-hydrogen) atoms. The fourth-order valence-electron chi connectivity index (χ4n) is 4.23. The first kappa shape index (κ1) is 17.8. The number of alkyl halides is 2. The molecular formula is C18H22F2N6O. The maximum absolute atomic E-state index is 13.0. The number of likely N-dealkylation sites (tertiary alicyclic amines) is 1. The largest absolute Gasteiger partial charge is 0.340 e. The molecule has 2 aromatic rings. The summed E-state index contributed by atoms with van der Waals surface area (Å²) in [6.45, 7) is 2.92. The Kier molecular flexibility index (Phi) is 4.53. The molecule has 7 nitrogen and oxygen atoms in total. The highest BCUT2D eigenvalue weighted by Gasteiger charge is 2.43. The third kappa shape index (κ3) is 3.38. The second-order valence-electron chi connectivity index (χ2n) is 7.43. The van der Waals surface area contributed by atoms with Crippen molar-refractivity contribution in [3.63, 3.8) is 0 Å². The van der Waals surface area contributed by atoms with Crippen LogP contribution in [0.4, 0.5) is 14.7 Å². The lowest BCUT2D eigenvalue weighted by Gasteiger charge is -2.40. The van der Waals surface area contributed by atoms with Crippen molar-refractivity contribution < 1.29 is 13.6 Å². The number of halogens is 2. The summed E-state index contributed by atoms with van der Waals surface area (Å²) in [7, 11) is 1.43. The first-order valence-electron chi connectivity index (χ1n) is 9.11. The van der Waals surface area contributed by atoms with Gasteiger partial charge in [0.2, 0.25) is 5.95 Å². The number of piperidine rings is 1. The zero-order valence-electron chi connectivity index (χ0n) is 15.2. The number of aryl methyl sites for hydroxylation is 1. The number of hydrogen-bond donors (Lipinski definition) is 0. The van der Waals surface area contributed by atoms with Gasteiger partial charge in [0.15, 0.2) is 5.69 Å². The van der Waals surface area contributed by atoms with Crippen molar-refractivity contribution in [2.75, 3.05) is 31.1 Å². The van der Waals surface area contributed by atoms with Crippen LogP contribution in [0, 0.1) is 5.41 Å². The van der Waals surface area contributed by atoms with Gasteiger partial charge in [0.05, 0.1) is 0 Å². The molecular weight excluding hydrogens is 354 g/mol. The number of amides is 1. The van der Waals surface area contributed by atoms with Crippen LogP contribution < -0.4 is 4.90 Å². The zero-order chi connectivity index (χ0) is 19.0. The summed E-state index contributed by atoms with van der Waals surface area (Å²) in [4.78, 5) is 25.4. The smallest absolute Gasteiger partial charge is 0.280 e. The molecule has 0 bridgehead atoms. The number of hydrogen-bond acceptors (Lipinski definition) is 5. The minimum atomic E-state index is -2.65. The van der Waals surface area contributed by atoms with E-state index in [0.29, 0.717) is 19.0 Å². The number of carbonyl (C=O) groups is 1. The van der Waals surface area contributed by atoms with E-state index in [0.717, 1.165) is 37.0 Å². The van der Waals surface area contributed by atoms with Crippen molar-refractivity contribution in [1.82, 2.24) is 24.6 Å². The van der Waals surface area contributed by atoms with Crippen LogP contribution in [0.2, 0.25) is 0 Å². The molecule has 0 aliphatic carbocycles. The minimum Gasteiger partial charge on any atom is -0.340 e. The Morgan fingerprint density at radius 3 is 2.67 bits per heavy atom. The standard InChI is InChI=1S/C18H22F2N6O/c1-24-14(15(19)20)10-13(23-24)16(27)25-9-5-18(11-25)4-2-8-26(12-18)17-21-6-3-7-22-17/h3,6-7,10,15H,2,4-5,8-9,11-12H2,1H3. The summed E-state index contributed by atoms with van der Waals surface area (Å²) in [5, 5.41) is 3.99. The second kappa shape index (κ2) is 6.86. The summed E-state index contributed by atoms with van der Waals surface area (Å²) in [6, 6.07) is 2.99. The predicted molar refractivity (Wildman–Crippen MR) is 94.6 cm³/mol. The molecule has 4 heterocycles. The maximum atomic E-state index is 13.0. The van der Waals surface area contributed by atoms with Crippen molar-refractivity contribution >= 4 is 11.9 Å². The molecule has 2 saturated heterocycles. The fraction of sp³-hybridized carbons (Fsp3) is 0.556. The van der Waals surface area contributed by atoms with Crippen LogP contribution in [-0.4, -0.2) is 56.7 Å². The van der Waals surface area contributed by atoms with Gasteiger partial charge >= 0.3 is 0 Å². The normalized spacial score (nSPS) is 22.8. The molecule has 0 aromatic carbocycles. The zero-order valence-corrected chi connectivity index (χ0v) is 15.2. The van der Waals surface area contributed by atoms with Gasteiger partial charge in [-0.05, 0) is 31.4 Å². The van der Waals surface area contributed by atoms with Crippen LogP contribution >= 0.6 is 0 Å². The quantitative estimate of drug-likeness (QED) is 0.822. The van der Waals surface area contributed by atoms with E-state index < -0.39 is 6.43 Å². The third-order valence-corrected chi connectivity index (χ3v) is 5.58. The molecule has 0 N–H and O–H groups in total. The average Bonchev–Trinajstić information content (AvgIpc) is 3.26. The van der Waals surface area contributed by atoms with Gasteiger partial charge in [-0.3, -0.25) is 9.48 Å². The molecule has 0 saturated carbocycles. The van der Waals surface area contributed by atoms with Gasteiger partial charge in [-0.1, -0.05) is 0 Å². The van der Waals surface area contributed by atoms with E-state index >= 15 is 0 Å². The second-order valence-corrected chi connectivity index (χ2v) is 7.43. The van der Waals surface area contributed by atoms with Crippen LogP contribution in [0.15, 0.2) is 24.5 Å². The molecule has 1 atom stereocenters. The van der Waals surface area contributed by atoms with Crippen molar-refractivity contribution in [2.24, 2.45) is 12.5 Å². The Morgan fingerprint density at radius 2 is 1.96 bits per heavy atom. The third-order valence-electron chi connectivity index (χ3n) is 5.58. The highest BCUT2D eigenvalue weighted by molar-refractivity contribution is 5.92. The SMILES string of the molecule is Cn1nc(C(=O)N2CCC3(CCCN(c4ncccn4)C3)C2)cc1C(F)F. The fourth-order valence-corrected chi connectivity index (χ4v) is 4.23. The van der Waals surface area contributed by atoms with Gasteiger partial charge in [-0.2, -0.15) is 5.10 Å². The van der Waals surface area contributed by atoms with Gasteiger partial charge in [0, 0.05) is 51.0 Å². The van der Waals surface area contributed by atoms with Crippen LogP contribution in [-0.2, 0) is 7.05 Å². The van der Waals surface area contributed by atoms with Crippen molar-refractivity contribution in [3.8, 4) is 0 Å². The predicted octanol–water partition coefficient (Wildman–Crippen LogP) is 2.28. The number of aromatic nitrogens is 4. The van der Waals surface area contributed by atoms with E-state index in [1.54, 1.807) is 23.4 Å². The van der Waals surface area contributed by atoms with E-state index in [1.807, 2.05) is 0 Å². The van der Waals surface area contributed by atoms with E-state index in [-0.39, 0.29) is 22.7 Å². The summed E-state index contributed by atoms with van der Waals surface area (Å²) in [5.41, 5.74) is -0.158. The van der Waals surface area contributed by atoms with E-state index in [4.69, 9.17) is 0 Å². The highest BCUT2D eigenvalue weighted by atomic mass is 19.3. The Hall–Kier alpha value is -2.58. The molecule has 2 aromatic heterocycles. The van der Waals surface area contributed by atoms with Gasteiger partial charge < -0.3 is 9.80 Å². The number of nitrogens with zero attached hydrogens (tertiary/aromatic N) is 6. The van der Waals surface area contributed by atoms with Crippen LogP contribution in [0.5, 0.6) is 0 Å². The lowest BCUT2D eigenvalue weighted by atomic mass is 9.79. The molecule has 4 rings (SSSR count). The Balaban J connectivity index is 1.47. The van der Waals surface area contributed by atoms with Crippen molar-refractivity contribution in [3.05, 3.63) is 35.9 Å². The monoisotopic (exact) mass is 376 g/mol. The van der Waals surface area contributed by atoms with Crippen LogP contribution in [0.1, 0.15) is 41.9 Å². The molecule has 2 aliphatic heterocycles. The van der Waals surface area contributed by atoms with Gasteiger partial charge in [0.25, 0.3) is 12.3 Å². The number of anilines is 1. The number of rotatable bonds is 3. The Bertz CT molecular complexity index is 827. The lowest BCUT2D eigenvalue weighted by Crippen LogP contribution is -2.46. The molecule has 2 fully saturated rings. The van der Waals surface area contributed by atoms with E-state index in [9.17, 15) is 13.6 Å². The van der Waals surface area contributed by atoms with Crippen molar-refractivity contribution in [2.45, 2.75) is 25.7 Å². The molecule has 144 valence electrons. The summed E-state index contributed by atoms with van der Waals surface area (Å²) in [6.07, 6.45) is 3.75. The van der Waals surface area contributed by atoms with Gasteiger partial charge in [-0.15, -0.1) is 0 Å². The van der Waals surface area contributed by atoms with E-state index in [1.165, 1.54) is 13.1 Å². The van der Waals surface area contributed by atoms with Gasteiger partial charge in [0.1, 0.15) is 5.69 Å². The molecule has 1 unspecified atom stereocenters. The number of carbonyl (C=O) groups excluding carboxylic acids is 1. The molecule has 1 amide bonds. The Morgan fingerprint density at radius 1 is 1.19 bits per heavy atom. The Labute approximate surface area is 156 Å². The molecule has 2 aliphatic rings. The van der Waals surface area contributed by atoms with Crippen molar-refractivity contribution in [1.29, 1.82) is 0 Å². The first-order chi connectivity index (χ1) is 13.0. The minimum absolute atomic E-state index is 0.00651. The summed E-state index contributed by atoms with van der Waals surface area (Å²) in [5.74, 6) is 0.440. The highest BCUT2D eigenvalue weighted by Crippen LogP contribution is 2.40. The van der Waals surface area contributed by atoms with Crippen LogP contribution in [0.3, 0.4) is 0 Å². The van der Waals surface area contributed by atoms with E-state index in [2.05, 4.69) is 20.0 Å². The maximum Gasteiger partial charge on any atom is 0.280 e. The topological polar surface area (TPSA) is 67.2 Å².